The highest BCUT2D eigenvalue weighted by atomic mass is 31.2. The van der Waals surface area contributed by atoms with Crippen LogP contribution in [0.3, 0.4) is 0 Å². The Kier molecular flexibility index (Phi) is 29.3. The number of allylic oxidation sites excluding steroid dienone is 2. The number of phosphoric acid groups is 1. The molecule has 13 nitrogen and oxygen atoms in total. The highest BCUT2D eigenvalue weighted by Gasteiger charge is 2.39. The first-order chi connectivity index (χ1) is 26.3. The molecule has 322 valence electrons. The molecule has 1 rings (SSSR count). The molecule has 1 saturated carbocycles. The van der Waals surface area contributed by atoms with E-state index in [1.165, 1.54) is 38.5 Å². The van der Waals surface area contributed by atoms with Gasteiger partial charge in [0.2, 0.25) is 0 Å². The molecule has 14 heteroatoms. The molecule has 9 atom stereocenters. The first kappa shape index (κ1) is 51.3. The number of hydrogen-bond donors (Lipinski definition) is 6. The minimum absolute atomic E-state index is 0.0659. The Labute approximate surface area is 330 Å². The summed E-state index contributed by atoms with van der Waals surface area (Å²) in [6, 6.07) is 0. The highest BCUT2D eigenvalue weighted by molar-refractivity contribution is 7.47. The predicted molar refractivity (Wildman–Crippen MR) is 212 cm³/mol. The lowest BCUT2D eigenvalue weighted by Crippen LogP contribution is -2.29. The summed E-state index contributed by atoms with van der Waals surface area (Å²) < 4.78 is 32.6. The van der Waals surface area contributed by atoms with Crippen LogP contribution in [0.1, 0.15) is 149 Å². The third-order valence-corrected chi connectivity index (χ3v) is 11.2. The van der Waals surface area contributed by atoms with Crippen LogP contribution < -0.4 is 0 Å². The van der Waals surface area contributed by atoms with E-state index in [1.54, 1.807) is 6.08 Å². The minimum Gasteiger partial charge on any atom is -0.462 e. The SMILES string of the molecule is CCCCC[C@H](O)/C=C/[C@@H]1[C@@H](C/C=C/CCCC(=O)OC[C@H](COP(=O)(O)OC[C@@H](O)CO)OC(=O)CCCCCCCCCCC(C)CC)[C@@H](O)C[C@H]1O. The number of hydrogen-bond acceptors (Lipinski definition) is 12. The van der Waals surface area contributed by atoms with Crippen LogP contribution in [-0.2, 0) is 32.7 Å². The van der Waals surface area contributed by atoms with Gasteiger partial charge >= 0.3 is 19.8 Å². The van der Waals surface area contributed by atoms with Gasteiger partial charge < -0.3 is 39.9 Å². The lowest BCUT2D eigenvalue weighted by molar-refractivity contribution is -0.161. The van der Waals surface area contributed by atoms with Crippen molar-refractivity contribution in [3.8, 4) is 0 Å². The molecular formula is C41H75O13P. The summed E-state index contributed by atoms with van der Waals surface area (Å²) >= 11 is 0. The van der Waals surface area contributed by atoms with Crippen molar-refractivity contribution in [3.63, 3.8) is 0 Å². The number of aliphatic hydroxyl groups excluding tert-OH is 5. The Morgan fingerprint density at radius 2 is 1.44 bits per heavy atom. The van der Waals surface area contributed by atoms with Crippen molar-refractivity contribution >= 4 is 19.8 Å². The van der Waals surface area contributed by atoms with E-state index in [0.29, 0.717) is 32.1 Å². The van der Waals surface area contributed by atoms with Crippen molar-refractivity contribution in [2.24, 2.45) is 17.8 Å². The fraction of sp³-hybridized carbons (Fsp3) is 0.854. The quantitative estimate of drug-likeness (QED) is 0.0170. The molecule has 0 amide bonds. The first-order valence-corrected chi connectivity index (χ1v) is 22.4. The predicted octanol–water partition coefficient (Wildman–Crippen LogP) is 6.85. The number of esters is 2. The van der Waals surface area contributed by atoms with Gasteiger partial charge in [-0.05, 0) is 43.9 Å². The van der Waals surface area contributed by atoms with E-state index in [4.69, 9.17) is 19.1 Å². The molecule has 0 spiro atoms. The monoisotopic (exact) mass is 806 g/mol. The zero-order valence-electron chi connectivity index (χ0n) is 33.9. The Morgan fingerprint density at radius 1 is 0.800 bits per heavy atom. The maximum absolute atomic E-state index is 12.6. The molecule has 0 aliphatic heterocycles. The van der Waals surface area contributed by atoms with Crippen molar-refractivity contribution in [3.05, 3.63) is 24.3 Å². The summed E-state index contributed by atoms with van der Waals surface area (Å²) in [5.74, 6) is -0.763. The number of carbonyl (C=O) groups excluding carboxylic acids is 2. The molecule has 2 unspecified atom stereocenters. The van der Waals surface area contributed by atoms with Crippen molar-refractivity contribution in [2.45, 2.75) is 180 Å². The van der Waals surface area contributed by atoms with Gasteiger partial charge in [-0.3, -0.25) is 18.6 Å². The Bertz CT molecular complexity index is 1100. The van der Waals surface area contributed by atoms with Gasteiger partial charge in [-0.2, -0.15) is 0 Å². The average molecular weight is 807 g/mol. The van der Waals surface area contributed by atoms with Crippen LogP contribution in [0.4, 0.5) is 0 Å². The zero-order chi connectivity index (χ0) is 40.9. The van der Waals surface area contributed by atoms with Crippen molar-refractivity contribution in [2.75, 3.05) is 26.4 Å². The zero-order valence-corrected chi connectivity index (χ0v) is 34.8. The van der Waals surface area contributed by atoms with Gasteiger partial charge in [-0.1, -0.05) is 122 Å². The normalized spacial score (nSPS) is 22.1. The molecule has 0 aromatic carbocycles. The number of carbonyl (C=O) groups is 2. The summed E-state index contributed by atoms with van der Waals surface area (Å²) in [5.41, 5.74) is 0. The number of phosphoric ester groups is 1. The second-order valence-electron chi connectivity index (χ2n) is 15.2. The lowest BCUT2D eigenvalue weighted by Gasteiger charge is -2.20. The molecule has 0 saturated heterocycles. The van der Waals surface area contributed by atoms with Gasteiger partial charge in [-0.25, -0.2) is 4.57 Å². The molecule has 0 aromatic rings. The van der Waals surface area contributed by atoms with Crippen LogP contribution in [0.25, 0.3) is 0 Å². The Hall–Kier alpha value is -1.67. The summed E-state index contributed by atoms with van der Waals surface area (Å²) in [4.78, 5) is 35.1. The van der Waals surface area contributed by atoms with Crippen LogP contribution in [0.5, 0.6) is 0 Å². The molecule has 55 heavy (non-hydrogen) atoms. The van der Waals surface area contributed by atoms with Gasteiger partial charge in [0, 0.05) is 25.2 Å². The maximum atomic E-state index is 12.6. The lowest BCUT2D eigenvalue weighted by atomic mass is 9.89. The second kappa shape index (κ2) is 31.3. The molecule has 0 radical (unpaired) electrons. The van der Waals surface area contributed by atoms with E-state index < -0.39 is 76.7 Å². The van der Waals surface area contributed by atoms with Gasteiger partial charge in [0.15, 0.2) is 6.10 Å². The van der Waals surface area contributed by atoms with Crippen LogP contribution >= 0.6 is 7.82 Å². The fourth-order valence-electron chi connectivity index (χ4n) is 6.49. The highest BCUT2D eigenvalue weighted by Crippen LogP contribution is 2.43. The summed E-state index contributed by atoms with van der Waals surface area (Å²) in [6.07, 6.45) is 19.7. The first-order valence-electron chi connectivity index (χ1n) is 20.9. The molecule has 0 heterocycles. The molecule has 1 aliphatic carbocycles. The molecule has 6 N–H and O–H groups in total. The number of rotatable bonds is 34. The van der Waals surface area contributed by atoms with E-state index in [-0.39, 0.29) is 31.1 Å². The van der Waals surface area contributed by atoms with E-state index in [0.717, 1.165) is 44.4 Å². The van der Waals surface area contributed by atoms with Gasteiger partial charge in [0.05, 0.1) is 38.1 Å². The Balaban J connectivity index is 2.51. The second-order valence-corrected chi connectivity index (χ2v) is 16.7. The molecular weight excluding hydrogens is 731 g/mol. The van der Waals surface area contributed by atoms with Crippen molar-refractivity contribution in [1.82, 2.24) is 0 Å². The van der Waals surface area contributed by atoms with Gasteiger partial charge in [0.25, 0.3) is 0 Å². The van der Waals surface area contributed by atoms with Crippen molar-refractivity contribution in [1.29, 1.82) is 0 Å². The van der Waals surface area contributed by atoms with E-state index >= 15 is 0 Å². The standard InChI is InChI=1S/C41H75O13P/c1-4-6-15-21-33(43)25-26-37-36(38(45)27-39(37)46)22-17-13-14-18-23-40(47)51-30-35(31-53-55(49,50)52-29-34(44)28-42)54-41(48)24-19-12-10-8-7-9-11-16-20-32(3)5-2/h13,17,25-26,32-39,42-46H,4-12,14-16,18-24,27-31H2,1-3H3,(H,49,50)/b17-13+,26-25+/t32?,33-,34-,35+,36+,37+,38-,39+/m0/s1. The van der Waals surface area contributed by atoms with Crippen LogP contribution in [0.2, 0.25) is 0 Å². The molecule has 1 fully saturated rings. The van der Waals surface area contributed by atoms with Gasteiger partial charge in [0.1, 0.15) is 12.7 Å². The topological polar surface area (TPSA) is 210 Å². The van der Waals surface area contributed by atoms with E-state index in [9.17, 15) is 39.5 Å². The third-order valence-electron chi connectivity index (χ3n) is 10.2. The third kappa shape index (κ3) is 26.1. The molecule has 1 aliphatic rings. The molecule has 0 bridgehead atoms. The fourth-order valence-corrected chi connectivity index (χ4v) is 7.28. The van der Waals surface area contributed by atoms with E-state index in [1.807, 2.05) is 18.2 Å². The Morgan fingerprint density at radius 3 is 2.11 bits per heavy atom. The summed E-state index contributed by atoms with van der Waals surface area (Å²) in [7, 11) is -4.67. The summed E-state index contributed by atoms with van der Waals surface area (Å²) in [5, 5.41) is 49.6. The van der Waals surface area contributed by atoms with Crippen LogP contribution in [-0.4, -0.2) is 99.3 Å². The number of unbranched alkanes of at least 4 members (excludes halogenated alkanes) is 10. The van der Waals surface area contributed by atoms with Gasteiger partial charge in [-0.15, -0.1) is 0 Å². The minimum atomic E-state index is -4.67. The smallest absolute Gasteiger partial charge is 0.462 e. The van der Waals surface area contributed by atoms with Crippen LogP contribution in [0, 0.1) is 17.8 Å². The largest absolute Gasteiger partial charge is 0.472 e. The number of ether oxygens (including phenoxy) is 2. The summed E-state index contributed by atoms with van der Waals surface area (Å²) in [6.45, 7) is 4.29. The molecule has 0 aromatic heterocycles. The average Bonchev–Trinajstić information content (AvgIpc) is 3.43. The van der Waals surface area contributed by atoms with Crippen LogP contribution in [0.15, 0.2) is 24.3 Å². The number of aliphatic hydroxyl groups is 5. The maximum Gasteiger partial charge on any atom is 0.472 e. The van der Waals surface area contributed by atoms with E-state index in [2.05, 4.69) is 25.3 Å². The van der Waals surface area contributed by atoms with Crippen molar-refractivity contribution < 1.29 is 63.1 Å².